The molecule has 6 heteroatoms. The fourth-order valence-electron chi connectivity index (χ4n) is 3.99. The number of hydrogen-bond acceptors (Lipinski definition) is 3. The quantitative estimate of drug-likeness (QED) is 0.293. The van der Waals surface area contributed by atoms with Crippen LogP contribution in [0.25, 0.3) is 0 Å². The highest BCUT2D eigenvalue weighted by molar-refractivity contribution is 7.99. The Morgan fingerprint density at radius 1 is 0.944 bits per heavy atom. The van der Waals surface area contributed by atoms with Crippen molar-refractivity contribution in [3.8, 4) is 0 Å². The number of nitrogens with zero attached hydrogens (tertiary/aromatic N) is 1. The van der Waals surface area contributed by atoms with Crippen molar-refractivity contribution in [3.05, 3.63) is 107 Å². The Morgan fingerprint density at radius 3 is 2.36 bits per heavy atom. The number of aryl methyl sites for hydroxylation is 1. The Bertz CT molecular complexity index is 1110. The second kappa shape index (κ2) is 14.4. The van der Waals surface area contributed by atoms with Gasteiger partial charge in [-0.05, 0) is 42.2 Å². The SMILES string of the molecule is CCCCNC(=O)C(Cc1ccccc1)N(Cc1cccc(C)c1)C(=O)CSCc1ccc(F)cc1. The average molecular weight is 507 g/mol. The van der Waals surface area contributed by atoms with Gasteiger partial charge < -0.3 is 10.2 Å². The molecule has 2 amide bonds. The van der Waals surface area contributed by atoms with Crippen molar-refractivity contribution in [3.63, 3.8) is 0 Å². The summed E-state index contributed by atoms with van der Waals surface area (Å²) < 4.78 is 13.2. The van der Waals surface area contributed by atoms with E-state index in [1.54, 1.807) is 17.0 Å². The highest BCUT2D eigenvalue weighted by atomic mass is 32.2. The number of unbranched alkanes of at least 4 members (excludes halogenated alkanes) is 1. The van der Waals surface area contributed by atoms with Crippen molar-refractivity contribution in [1.29, 1.82) is 0 Å². The van der Waals surface area contributed by atoms with Crippen LogP contribution in [-0.4, -0.2) is 35.1 Å². The molecule has 1 unspecified atom stereocenters. The van der Waals surface area contributed by atoms with Crippen LogP contribution in [0.1, 0.15) is 42.0 Å². The second-order valence-electron chi connectivity index (χ2n) is 8.98. The fourth-order valence-corrected chi connectivity index (χ4v) is 4.86. The highest BCUT2D eigenvalue weighted by Gasteiger charge is 2.30. The normalized spacial score (nSPS) is 11.6. The first-order chi connectivity index (χ1) is 17.5. The van der Waals surface area contributed by atoms with Crippen molar-refractivity contribution in [1.82, 2.24) is 10.2 Å². The molecule has 4 nitrogen and oxygen atoms in total. The van der Waals surface area contributed by atoms with E-state index in [0.29, 0.717) is 25.3 Å². The van der Waals surface area contributed by atoms with Crippen LogP contribution in [0.5, 0.6) is 0 Å². The number of hydrogen-bond donors (Lipinski definition) is 1. The molecule has 3 aromatic rings. The number of carbonyl (C=O) groups is 2. The number of rotatable bonds is 13. The zero-order valence-corrected chi connectivity index (χ0v) is 21.9. The molecule has 0 aliphatic rings. The van der Waals surface area contributed by atoms with Crippen LogP contribution in [0.3, 0.4) is 0 Å². The van der Waals surface area contributed by atoms with Gasteiger partial charge in [0.05, 0.1) is 5.75 Å². The lowest BCUT2D eigenvalue weighted by atomic mass is 10.0. The molecule has 0 spiro atoms. The molecule has 0 bridgehead atoms. The first kappa shape index (κ1) is 27.5. The third-order valence-electron chi connectivity index (χ3n) is 5.94. The number of carbonyl (C=O) groups excluding carboxylic acids is 2. The summed E-state index contributed by atoms with van der Waals surface area (Å²) in [5.41, 5.74) is 4.07. The van der Waals surface area contributed by atoms with Crippen molar-refractivity contribution < 1.29 is 14.0 Å². The van der Waals surface area contributed by atoms with Crippen LogP contribution >= 0.6 is 11.8 Å². The standard InChI is InChI=1S/C30H35FN2O2S/c1-3-4-17-32-30(35)28(19-24-10-6-5-7-11-24)33(20-26-12-8-9-23(2)18-26)29(34)22-36-21-25-13-15-27(31)16-14-25/h5-16,18,28H,3-4,17,19-22H2,1-2H3,(H,32,35). The molecule has 0 aliphatic carbocycles. The molecule has 1 atom stereocenters. The summed E-state index contributed by atoms with van der Waals surface area (Å²) in [6, 6.07) is 23.6. The minimum absolute atomic E-state index is 0.0878. The Morgan fingerprint density at radius 2 is 1.67 bits per heavy atom. The van der Waals surface area contributed by atoms with Crippen molar-refractivity contribution in [2.75, 3.05) is 12.3 Å². The Hall–Kier alpha value is -3.12. The smallest absolute Gasteiger partial charge is 0.243 e. The first-order valence-electron chi connectivity index (χ1n) is 12.4. The number of halogens is 1. The van der Waals surface area contributed by atoms with Gasteiger partial charge in [-0.25, -0.2) is 4.39 Å². The summed E-state index contributed by atoms with van der Waals surface area (Å²) in [5.74, 6) is 0.335. The fraction of sp³-hybridized carbons (Fsp3) is 0.333. The Labute approximate surface area is 218 Å². The molecule has 3 aromatic carbocycles. The second-order valence-corrected chi connectivity index (χ2v) is 9.97. The molecule has 190 valence electrons. The molecule has 0 heterocycles. The molecule has 0 saturated carbocycles. The van der Waals surface area contributed by atoms with E-state index in [2.05, 4.69) is 18.3 Å². The van der Waals surface area contributed by atoms with E-state index >= 15 is 0 Å². The maximum atomic E-state index is 13.6. The van der Waals surface area contributed by atoms with Crippen LogP contribution in [0.4, 0.5) is 4.39 Å². The number of nitrogens with one attached hydrogen (secondary N) is 1. The maximum Gasteiger partial charge on any atom is 0.243 e. The molecule has 0 saturated heterocycles. The molecule has 36 heavy (non-hydrogen) atoms. The Balaban J connectivity index is 1.82. The first-order valence-corrected chi connectivity index (χ1v) is 13.6. The molecule has 1 N–H and O–H groups in total. The summed E-state index contributed by atoms with van der Waals surface area (Å²) >= 11 is 1.47. The van der Waals surface area contributed by atoms with E-state index in [0.717, 1.165) is 35.1 Å². The van der Waals surface area contributed by atoms with Gasteiger partial charge in [0.2, 0.25) is 11.8 Å². The van der Waals surface area contributed by atoms with Gasteiger partial charge in [0.15, 0.2) is 0 Å². The van der Waals surface area contributed by atoms with Crippen LogP contribution in [0.2, 0.25) is 0 Å². The van der Waals surface area contributed by atoms with Crippen LogP contribution < -0.4 is 5.32 Å². The minimum Gasteiger partial charge on any atom is -0.354 e. The van der Waals surface area contributed by atoms with Crippen molar-refractivity contribution in [2.24, 2.45) is 0 Å². The van der Waals surface area contributed by atoms with E-state index in [1.165, 1.54) is 23.9 Å². The average Bonchev–Trinajstić information content (AvgIpc) is 2.88. The summed E-state index contributed by atoms with van der Waals surface area (Å²) in [6.07, 6.45) is 2.32. The van der Waals surface area contributed by atoms with E-state index in [9.17, 15) is 14.0 Å². The van der Waals surface area contributed by atoms with Crippen LogP contribution in [0, 0.1) is 12.7 Å². The van der Waals surface area contributed by atoms with Crippen molar-refractivity contribution in [2.45, 2.75) is 51.4 Å². The lowest BCUT2D eigenvalue weighted by Gasteiger charge is -2.31. The monoisotopic (exact) mass is 506 g/mol. The van der Waals surface area contributed by atoms with Crippen molar-refractivity contribution >= 4 is 23.6 Å². The van der Waals surface area contributed by atoms with Gasteiger partial charge in [-0.2, -0.15) is 0 Å². The third-order valence-corrected chi connectivity index (χ3v) is 6.93. The van der Waals surface area contributed by atoms with E-state index in [-0.39, 0.29) is 23.4 Å². The molecule has 0 fully saturated rings. The number of thioether (sulfide) groups is 1. The minimum atomic E-state index is -0.622. The number of benzene rings is 3. The van der Waals surface area contributed by atoms with Gasteiger partial charge in [-0.15, -0.1) is 11.8 Å². The topological polar surface area (TPSA) is 49.4 Å². The Kier molecular flexibility index (Phi) is 11.0. The summed E-state index contributed by atoms with van der Waals surface area (Å²) in [5, 5.41) is 3.05. The zero-order valence-electron chi connectivity index (χ0n) is 21.1. The molecular weight excluding hydrogens is 471 g/mol. The molecule has 0 aromatic heterocycles. The van der Waals surface area contributed by atoms with Gasteiger partial charge in [0.1, 0.15) is 11.9 Å². The summed E-state index contributed by atoms with van der Waals surface area (Å²) in [4.78, 5) is 28.7. The van der Waals surface area contributed by atoms with E-state index in [4.69, 9.17) is 0 Å². The molecule has 3 rings (SSSR count). The lowest BCUT2D eigenvalue weighted by Crippen LogP contribution is -2.51. The van der Waals surface area contributed by atoms with Gasteiger partial charge in [0.25, 0.3) is 0 Å². The van der Waals surface area contributed by atoms with Gasteiger partial charge in [0, 0.05) is 25.3 Å². The zero-order chi connectivity index (χ0) is 25.8. The van der Waals surface area contributed by atoms with E-state index < -0.39 is 6.04 Å². The van der Waals surface area contributed by atoms with Gasteiger partial charge >= 0.3 is 0 Å². The van der Waals surface area contributed by atoms with E-state index in [1.807, 2.05) is 55.5 Å². The molecule has 0 radical (unpaired) electrons. The summed E-state index contributed by atoms with van der Waals surface area (Å²) in [7, 11) is 0. The number of amides is 2. The molecular formula is C30H35FN2O2S. The predicted octanol–water partition coefficient (Wildman–Crippen LogP) is 5.92. The molecule has 0 aliphatic heterocycles. The largest absolute Gasteiger partial charge is 0.354 e. The third kappa shape index (κ3) is 8.83. The van der Waals surface area contributed by atoms with Crippen LogP contribution in [0.15, 0.2) is 78.9 Å². The van der Waals surface area contributed by atoms with Gasteiger partial charge in [-0.3, -0.25) is 9.59 Å². The maximum absolute atomic E-state index is 13.6. The van der Waals surface area contributed by atoms with Gasteiger partial charge in [-0.1, -0.05) is 85.6 Å². The summed E-state index contributed by atoms with van der Waals surface area (Å²) in [6.45, 7) is 5.05. The van der Waals surface area contributed by atoms with Crippen LogP contribution in [-0.2, 0) is 28.3 Å². The lowest BCUT2D eigenvalue weighted by molar-refractivity contribution is -0.139. The predicted molar refractivity (Wildman–Crippen MR) is 146 cm³/mol. The highest BCUT2D eigenvalue weighted by Crippen LogP contribution is 2.19.